The smallest absolute Gasteiger partial charge is 0.261 e. The highest BCUT2D eigenvalue weighted by Crippen LogP contribution is 2.31. The van der Waals surface area contributed by atoms with Crippen LogP contribution in [0, 0.1) is 0 Å². The second-order valence-corrected chi connectivity index (χ2v) is 7.30. The normalized spacial score (nSPS) is 18.8. The molecule has 6 heteroatoms. The minimum absolute atomic E-state index is 0.00526. The van der Waals surface area contributed by atoms with E-state index in [-0.39, 0.29) is 18.6 Å². The van der Waals surface area contributed by atoms with Crippen molar-refractivity contribution in [2.24, 2.45) is 0 Å². The van der Waals surface area contributed by atoms with E-state index in [4.69, 9.17) is 4.74 Å². The third-order valence-electron chi connectivity index (χ3n) is 5.64. The molecule has 0 radical (unpaired) electrons. The van der Waals surface area contributed by atoms with E-state index < -0.39 is 0 Å². The summed E-state index contributed by atoms with van der Waals surface area (Å²) in [7, 11) is 0. The molecule has 1 aliphatic carbocycles. The molecule has 1 atom stereocenters. The van der Waals surface area contributed by atoms with Crippen LogP contribution < -0.4 is 4.74 Å². The Morgan fingerprint density at radius 3 is 3.00 bits per heavy atom. The third-order valence-corrected chi connectivity index (χ3v) is 5.64. The summed E-state index contributed by atoms with van der Waals surface area (Å²) in [6.45, 7) is 0.796. The number of nitrogens with zero attached hydrogens (tertiary/aromatic N) is 4. The fourth-order valence-corrected chi connectivity index (χ4v) is 4.29. The monoisotopic (exact) mass is 362 g/mol. The van der Waals surface area contributed by atoms with Gasteiger partial charge in [0, 0.05) is 12.7 Å². The molecule has 3 aromatic rings. The first kappa shape index (κ1) is 16.3. The van der Waals surface area contributed by atoms with Gasteiger partial charge in [-0.1, -0.05) is 12.1 Å². The van der Waals surface area contributed by atoms with Crippen molar-refractivity contribution in [3.63, 3.8) is 0 Å². The van der Waals surface area contributed by atoms with Crippen molar-refractivity contribution in [2.45, 2.75) is 38.1 Å². The molecule has 27 heavy (non-hydrogen) atoms. The zero-order chi connectivity index (χ0) is 18.2. The molecule has 2 aliphatic rings. The van der Waals surface area contributed by atoms with E-state index in [9.17, 15) is 4.79 Å². The number of amides is 1. The van der Waals surface area contributed by atoms with Crippen molar-refractivity contribution in [3.05, 3.63) is 59.5 Å². The number of aromatic nitrogens is 3. The third kappa shape index (κ3) is 2.95. The van der Waals surface area contributed by atoms with Crippen molar-refractivity contribution in [1.29, 1.82) is 0 Å². The molecule has 1 aliphatic heterocycles. The summed E-state index contributed by atoms with van der Waals surface area (Å²) >= 11 is 0. The number of likely N-dealkylation sites (tertiary alicyclic amines) is 1. The summed E-state index contributed by atoms with van der Waals surface area (Å²) in [5.41, 5.74) is 3.57. The first-order chi connectivity index (χ1) is 13.3. The van der Waals surface area contributed by atoms with Crippen molar-refractivity contribution < 1.29 is 9.53 Å². The average Bonchev–Trinajstić information content (AvgIpc) is 3.43. The van der Waals surface area contributed by atoms with Crippen LogP contribution >= 0.6 is 0 Å². The number of rotatable bonds is 4. The molecule has 5 rings (SSSR count). The topological polar surface area (TPSA) is 59.7 Å². The predicted octanol–water partition coefficient (Wildman–Crippen LogP) is 2.96. The van der Waals surface area contributed by atoms with Gasteiger partial charge in [-0.05, 0) is 67.5 Å². The Bertz CT molecular complexity index is 997. The van der Waals surface area contributed by atoms with Gasteiger partial charge in [-0.2, -0.15) is 0 Å². The van der Waals surface area contributed by atoms with Crippen molar-refractivity contribution >= 4 is 11.6 Å². The Labute approximate surface area is 157 Å². The fraction of sp³-hybridized carbons (Fsp3) is 0.381. The molecule has 0 spiro atoms. The lowest BCUT2D eigenvalue weighted by Crippen LogP contribution is -2.35. The number of aryl methyl sites for hydroxylation is 2. The Morgan fingerprint density at radius 1 is 1.11 bits per heavy atom. The summed E-state index contributed by atoms with van der Waals surface area (Å²) in [4.78, 5) is 14.7. The number of ether oxygens (including phenoxy) is 1. The van der Waals surface area contributed by atoms with Gasteiger partial charge in [0.1, 0.15) is 5.75 Å². The van der Waals surface area contributed by atoms with Crippen molar-refractivity contribution in [3.8, 4) is 5.75 Å². The van der Waals surface area contributed by atoms with Gasteiger partial charge in [-0.3, -0.25) is 9.20 Å². The molecular weight excluding hydrogens is 340 g/mol. The maximum atomic E-state index is 12.8. The summed E-state index contributed by atoms with van der Waals surface area (Å²) in [6.07, 6.45) is 7.29. The van der Waals surface area contributed by atoms with Gasteiger partial charge in [0.2, 0.25) is 0 Å². The number of hydrogen-bond acceptors (Lipinski definition) is 4. The molecule has 0 bridgehead atoms. The molecular formula is C21H22N4O2. The molecule has 138 valence electrons. The maximum absolute atomic E-state index is 12.8. The van der Waals surface area contributed by atoms with E-state index in [2.05, 4.69) is 22.3 Å². The SMILES string of the molecule is O=C(COc1ccc2c(c1)CCC2)N1CCCC1c1nnc2ccccn12. The highest BCUT2D eigenvalue weighted by molar-refractivity contribution is 5.78. The maximum Gasteiger partial charge on any atom is 0.261 e. The van der Waals surface area contributed by atoms with E-state index in [1.165, 1.54) is 17.5 Å². The van der Waals surface area contributed by atoms with Crippen LogP contribution in [0.5, 0.6) is 5.75 Å². The molecule has 1 saturated heterocycles. The van der Waals surface area contributed by atoms with Gasteiger partial charge in [0.15, 0.2) is 18.1 Å². The number of fused-ring (bicyclic) bond motifs is 2. The van der Waals surface area contributed by atoms with Crippen LogP contribution in [-0.4, -0.2) is 38.6 Å². The van der Waals surface area contributed by atoms with E-state index in [1.807, 2.05) is 39.8 Å². The number of benzene rings is 1. The van der Waals surface area contributed by atoms with E-state index in [0.29, 0.717) is 0 Å². The minimum Gasteiger partial charge on any atom is -0.484 e. The van der Waals surface area contributed by atoms with Crippen LogP contribution in [0.2, 0.25) is 0 Å². The highest BCUT2D eigenvalue weighted by atomic mass is 16.5. The number of hydrogen-bond donors (Lipinski definition) is 0. The van der Waals surface area contributed by atoms with Crippen LogP contribution in [-0.2, 0) is 17.6 Å². The lowest BCUT2D eigenvalue weighted by molar-refractivity contribution is -0.134. The van der Waals surface area contributed by atoms with Crippen LogP contribution in [0.4, 0.5) is 0 Å². The Morgan fingerprint density at radius 2 is 2.04 bits per heavy atom. The second kappa shape index (κ2) is 6.68. The van der Waals surface area contributed by atoms with Gasteiger partial charge in [0.05, 0.1) is 6.04 Å². The summed E-state index contributed by atoms with van der Waals surface area (Å²) < 4.78 is 7.79. The van der Waals surface area contributed by atoms with Gasteiger partial charge >= 0.3 is 0 Å². The molecule has 1 unspecified atom stereocenters. The Kier molecular flexibility index (Phi) is 4.03. The largest absolute Gasteiger partial charge is 0.484 e. The van der Waals surface area contributed by atoms with Crippen LogP contribution in [0.15, 0.2) is 42.6 Å². The van der Waals surface area contributed by atoms with Gasteiger partial charge in [-0.15, -0.1) is 10.2 Å². The molecule has 1 aromatic carbocycles. The van der Waals surface area contributed by atoms with Gasteiger partial charge in [0.25, 0.3) is 5.91 Å². The minimum atomic E-state index is -0.0430. The van der Waals surface area contributed by atoms with Gasteiger partial charge < -0.3 is 9.64 Å². The first-order valence-electron chi connectivity index (χ1n) is 9.63. The van der Waals surface area contributed by atoms with Crippen molar-refractivity contribution in [2.75, 3.05) is 13.2 Å². The quantitative estimate of drug-likeness (QED) is 0.716. The Balaban J connectivity index is 1.30. The standard InChI is InChI=1S/C21H22N4O2/c26-20(14-27-17-10-9-15-5-3-6-16(15)13-17)24-12-4-7-18(24)21-23-22-19-8-1-2-11-25(19)21/h1-2,8-11,13,18H,3-7,12,14H2. The second-order valence-electron chi connectivity index (χ2n) is 7.30. The number of carbonyl (C=O) groups excluding carboxylic acids is 1. The van der Waals surface area contributed by atoms with Crippen LogP contribution in [0.3, 0.4) is 0 Å². The molecule has 1 amide bonds. The van der Waals surface area contributed by atoms with Gasteiger partial charge in [-0.25, -0.2) is 0 Å². The number of pyridine rings is 1. The van der Waals surface area contributed by atoms with E-state index >= 15 is 0 Å². The van der Waals surface area contributed by atoms with Crippen LogP contribution in [0.1, 0.15) is 42.3 Å². The molecule has 0 saturated carbocycles. The fourth-order valence-electron chi connectivity index (χ4n) is 4.29. The van der Waals surface area contributed by atoms with Crippen LogP contribution in [0.25, 0.3) is 5.65 Å². The molecule has 3 heterocycles. The Hall–Kier alpha value is -2.89. The average molecular weight is 362 g/mol. The zero-order valence-corrected chi connectivity index (χ0v) is 15.2. The summed E-state index contributed by atoms with van der Waals surface area (Å²) in [5.74, 6) is 1.62. The number of carbonyl (C=O) groups is 1. The van der Waals surface area contributed by atoms with E-state index in [0.717, 1.165) is 49.4 Å². The summed E-state index contributed by atoms with van der Waals surface area (Å²) in [6, 6.07) is 12.0. The zero-order valence-electron chi connectivity index (χ0n) is 15.2. The molecule has 0 N–H and O–H groups in total. The molecule has 2 aromatic heterocycles. The lowest BCUT2D eigenvalue weighted by atomic mass is 10.1. The van der Waals surface area contributed by atoms with E-state index in [1.54, 1.807) is 0 Å². The molecule has 1 fully saturated rings. The summed E-state index contributed by atoms with van der Waals surface area (Å²) in [5, 5.41) is 8.57. The van der Waals surface area contributed by atoms with Crippen molar-refractivity contribution in [1.82, 2.24) is 19.5 Å². The predicted molar refractivity (Wildman–Crippen MR) is 101 cm³/mol. The highest BCUT2D eigenvalue weighted by Gasteiger charge is 2.33. The first-order valence-corrected chi connectivity index (χ1v) is 9.63. The lowest BCUT2D eigenvalue weighted by Gasteiger charge is -2.23. The molecule has 6 nitrogen and oxygen atoms in total.